The average molecular weight is 467 g/mol. The molecule has 0 fully saturated rings. The molecule has 0 unspecified atom stereocenters. The van der Waals surface area contributed by atoms with Gasteiger partial charge in [0.25, 0.3) is 0 Å². The van der Waals surface area contributed by atoms with E-state index in [1.54, 1.807) is 14.2 Å². The van der Waals surface area contributed by atoms with E-state index in [2.05, 4.69) is 21.1 Å². The van der Waals surface area contributed by atoms with Gasteiger partial charge in [-0.1, -0.05) is 13.8 Å². The third-order valence-corrected chi connectivity index (χ3v) is 5.21. The van der Waals surface area contributed by atoms with Crippen LogP contribution in [0, 0.1) is 0 Å². The van der Waals surface area contributed by atoms with Gasteiger partial charge in [-0.05, 0) is 85.3 Å². The summed E-state index contributed by atoms with van der Waals surface area (Å²) in [5.41, 5.74) is 8.66. The first kappa shape index (κ1) is 26.6. The molecular formula is C26H34N4O4. The Hall–Kier alpha value is -3.68. The van der Waals surface area contributed by atoms with Crippen molar-refractivity contribution >= 4 is 23.2 Å². The molecule has 0 aliphatic carbocycles. The molecule has 0 aromatic heterocycles. The number of hydrazone groups is 2. The summed E-state index contributed by atoms with van der Waals surface area (Å²) in [5.74, 6) is 1.19. The lowest BCUT2D eigenvalue weighted by molar-refractivity contribution is -0.123. The molecule has 0 aliphatic rings. The fraction of sp³-hybridized carbons (Fsp3) is 0.385. The quantitative estimate of drug-likeness (QED) is 0.259. The van der Waals surface area contributed by atoms with Crippen LogP contribution in [-0.4, -0.2) is 37.5 Å². The molecule has 2 rings (SSSR count). The number of unbranched alkanes of at least 4 members (excludes halogenated alkanes) is 1. The molecule has 0 spiro atoms. The van der Waals surface area contributed by atoms with Gasteiger partial charge in [0, 0.05) is 12.8 Å². The summed E-state index contributed by atoms with van der Waals surface area (Å²) in [6.45, 7) is 3.96. The summed E-state index contributed by atoms with van der Waals surface area (Å²) >= 11 is 0. The summed E-state index contributed by atoms with van der Waals surface area (Å²) in [4.78, 5) is 24.3. The van der Waals surface area contributed by atoms with E-state index in [-0.39, 0.29) is 11.8 Å². The lowest BCUT2D eigenvalue weighted by Crippen LogP contribution is -2.21. The van der Waals surface area contributed by atoms with Crippen molar-refractivity contribution in [1.29, 1.82) is 0 Å². The third-order valence-electron chi connectivity index (χ3n) is 5.21. The molecule has 8 heteroatoms. The number of rotatable bonds is 13. The Morgan fingerprint density at radius 3 is 1.32 bits per heavy atom. The predicted molar refractivity (Wildman–Crippen MR) is 134 cm³/mol. The molecule has 0 bridgehead atoms. The number of carbonyl (C=O) groups is 2. The summed E-state index contributed by atoms with van der Waals surface area (Å²) in [6.07, 6.45) is 3.13. The van der Waals surface area contributed by atoms with Crippen LogP contribution >= 0.6 is 0 Å². The molecule has 34 heavy (non-hydrogen) atoms. The van der Waals surface area contributed by atoms with Gasteiger partial charge in [-0.2, -0.15) is 10.2 Å². The number of amides is 2. The Kier molecular flexibility index (Phi) is 11.3. The first-order valence-corrected chi connectivity index (χ1v) is 11.5. The number of hydrogen-bond donors (Lipinski definition) is 2. The van der Waals surface area contributed by atoms with Gasteiger partial charge in [0.2, 0.25) is 11.8 Å². The van der Waals surface area contributed by atoms with Crippen molar-refractivity contribution in [1.82, 2.24) is 10.9 Å². The Bertz CT molecular complexity index is 901. The Morgan fingerprint density at radius 1 is 0.676 bits per heavy atom. The molecule has 0 radical (unpaired) electrons. The Morgan fingerprint density at radius 2 is 1.03 bits per heavy atom. The van der Waals surface area contributed by atoms with E-state index >= 15 is 0 Å². The highest BCUT2D eigenvalue weighted by atomic mass is 16.5. The molecule has 0 heterocycles. The molecular weight excluding hydrogens is 432 g/mol. The second-order valence-electron chi connectivity index (χ2n) is 7.56. The number of nitrogens with zero attached hydrogens (tertiary/aromatic N) is 2. The van der Waals surface area contributed by atoms with Gasteiger partial charge < -0.3 is 9.47 Å². The van der Waals surface area contributed by atoms with Crippen LogP contribution in [-0.2, 0) is 9.59 Å². The summed E-state index contributed by atoms with van der Waals surface area (Å²) in [5, 5.41) is 8.50. The highest BCUT2D eigenvalue weighted by molar-refractivity contribution is 6.01. The highest BCUT2D eigenvalue weighted by Gasteiger charge is 2.07. The second kappa shape index (κ2) is 14.5. The lowest BCUT2D eigenvalue weighted by Gasteiger charge is -2.07. The maximum absolute atomic E-state index is 12.1. The number of hydrogen-bond acceptors (Lipinski definition) is 6. The molecule has 2 N–H and O–H groups in total. The SMILES string of the molecule is CCC(=NNC(=O)CCCCC(=O)NN=C(CC)c1ccc(OC)cc1)c1ccc(OC)cc1. The van der Waals surface area contributed by atoms with Crippen LogP contribution in [0.25, 0.3) is 0 Å². The van der Waals surface area contributed by atoms with Gasteiger partial charge in [-0.15, -0.1) is 0 Å². The van der Waals surface area contributed by atoms with Crippen LogP contribution in [0.1, 0.15) is 63.5 Å². The van der Waals surface area contributed by atoms with Gasteiger partial charge in [-0.3, -0.25) is 9.59 Å². The van der Waals surface area contributed by atoms with Crippen molar-refractivity contribution in [2.24, 2.45) is 10.2 Å². The van der Waals surface area contributed by atoms with Gasteiger partial charge in [0.05, 0.1) is 25.6 Å². The number of carbonyl (C=O) groups excluding carboxylic acids is 2. The molecule has 2 aromatic carbocycles. The summed E-state index contributed by atoms with van der Waals surface area (Å²) in [7, 11) is 3.23. The molecule has 2 aromatic rings. The topological polar surface area (TPSA) is 101 Å². The van der Waals surface area contributed by atoms with Crippen molar-refractivity contribution in [3.05, 3.63) is 59.7 Å². The standard InChI is InChI=1S/C26H34N4O4/c1-5-23(19-11-15-21(33-3)16-12-19)27-29-25(31)9-7-8-10-26(32)30-28-24(6-2)20-13-17-22(34-4)18-14-20/h11-18H,5-10H2,1-4H3,(H,29,31)(H,30,32). The number of ether oxygens (including phenoxy) is 2. The maximum atomic E-state index is 12.1. The zero-order valence-electron chi connectivity index (χ0n) is 20.4. The second-order valence-corrected chi connectivity index (χ2v) is 7.56. The molecule has 0 aliphatic heterocycles. The number of methoxy groups -OCH3 is 2. The van der Waals surface area contributed by atoms with Crippen LogP contribution in [0.5, 0.6) is 11.5 Å². The van der Waals surface area contributed by atoms with E-state index in [4.69, 9.17) is 9.47 Å². The minimum absolute atomic E-state index is 0.175. The van der Waals surface area contributed by atoms with E-state index < -0.39 is 0 Å². The molecule has 182 valence electrons. The lowest BCUT2D eigenvalue weighted by atomic mass is 10.1. The van der Waals surface area contributed by atoms with Crippen molar-refractivity contribution in [2.75, 3.05) is 14.2 Å². The van der Waals surface area contributed by atoms with E-state index in [1.165, 1.54) is 0 Å². The van der Waals surface area contributed by atoms with E-state index in [9.17, 15) is 9.59 Å². The molecule has 0 saturated heterocycles. The monoisotopic (exact) mass is 466 g/mol. The van der Waals surface area contributed by atoms with Crippen molar-refractivity contribution in [2.45, 2.75) is 52.4 Å². The van der Waals surface area contributed by atoms with Gasteiger partial charge >= 0.3 is 0 Å². The molecule has 8 nitrogen and oxygen atoms in total. The van der Waals surface area contributed by atoms with Crippen molar-refractivity contribution in [3.8, 4) is 11.5 Å². The fourth-order valence-corrected chi connectivity index (χ4v) is 3.20. The van der Waals surface area contributed by atoms with Gasteiger partial charge in [0.1, 0.15) is 11.5 Å². The minimum Gasteiger partial charge on any atom is -0.497 e. The van der Waals surface area contributed by atoms with Crippen LogP contribution in [0.3, 0.4) is 0 Å². The van der Waals surface area contributed by atoms with E-state index in [0.717, 1.165) is 34.0 Å². The van der Waals surface area contributed by atoms with Crippen molar-refractivity contribution < 1.29 is 19.1 Å². The van der Waals surface area contributed by atoms with Crippen molar-refractivity contribution in [3.63, 3.8) is 0 Å². The van der Waals surface area contributed by atoms with Gasteiger partial charge in [0.15, 0.2) is 0 Å². The van der Waals surface area contributed by atoms with E-state index in [0.29, 0.717) is 38.5 Å². The van der Waals surface area contributed by atoms with E-state index in [1.807, 2.05) is 62.4 Å². The molecule has 2 amide bonds. The maximum Gasteiger partial charge on any atom is 0.240 e. The first-order valence-electron chi connectivity index (χ1n) is 11.5. The largest absolute Gasteiger partial charge is 0.497 e. The van der Waals surface area contributed by atoms with Crippen LogP contribution in [0.4, 0.5) is 0 Å². The average Bonchev–Trinajstić information content (AvgIpc) is 2.88. The Balaban J connectivity index is 1.74. The van der Waals surface area contributed by atoms with Crippen LogP contribution < -0.4 is 20.3 Å². The number of nitrogens with one attached hydrogen (secondary N) is 2. The highest BCUT2D eigenvalue weighted by Crippen LogP contribution is 2.14. The van der Waals surface area contributed by atoms with Crippen LogP contribution in [0.15, 0.2) is 58.7 Å². The first-order chi connectivity index (χ1) is 16.5. The number of benzene rings is 2. The normalized spacial score (nSPS) is 11.6. The van der Waals surface area contributed by atoms with Gasteiger partial charge in [-0.25, -0.2) is 10.9 Å². The van der Waals surface area contributed by atoms with Crippen LogP contribution in [0.2, 0.25) is 0 Å². The minimum atomic E-state index is -0.175. The predicted octanol–water partition coefficient (Wildman–Crippen LogP) is 4.43. The molecule has 0 atom stereocenters. The summed E-state index contributed by atoms with van der Waals surface area (Å²) < 4.78 is 10.3. The zero-order valence-corrected chi connectivity index (χ0v) is 20.4. The zero-order chi connectivity index (χ0) is 24.8. The smallest absolute Gasteiger partial charge is 0.240 e. The Labute approximate surface area is 201 Å². The molecule has 0 saturated carbocycles. The third kappa shape index (κ3) is 8.69. The fourth-order valence-electron chi connectivity index (χ4n) is 3.20. The summed E-state index contributed by atoms with van der Waals surface area (Å²) in [6, 6.07) is 15.1.